The number of hydrogen-bond acceptors (Lipinski definition) is 0. The van der Waals surface area contributed by atoms with E-state index < -0.39 is 0 Å². The molecule has 0 spiro atoms. The first-order valence-electron chi connectivity index (χ1n) is 46.0. The van der Waals surface area contributed by atoms with Crippen LogP contribution in [0.4, 0.5) is 0 Å². The van der Waals surface area contributed by atoms with Crippen molar-refractivity contribution in [1.29, 1.82) is 0 Å². The average Bonchev–Trinajstić information content (AvgIpc) is 1.23. The lowest BCUT2D eigenvalue weighted by Crippen LogP contribution is -2.34. The molecule has 14 atom stereocenters. The highest BCUT2D eigenvalue weighted by Gasteiger charge is 2.40. The monoisotopic (exact) mass is 1400 g/mol. The van der Waals surface area contributed by atoms with Gasteiger partial charge in [0.1, 0.15) is 0 Å². The molecule has 0 aromatic rings. The summed E-state index contributed by atoms with van der Waals surface area (Å²) in [7, 11) is 0. The molecule has 0 aromatic heterocycles. The van der Waals surface area contributed by atoms with E-state index in [-0.39, 0.29) is 22.3 Å². The molecule has 0 aliphatic heterocycles. The van der Waals surface area contributed by atoms with Crippen molar-refractivity contribution < 1.29 is 0 Å². The molecule has 0 saturated heterocycles. The highest BCUT2D eigenvalue weighted by atomic mass is 14.4. The summed E-state index contributed by atoms with van der Waals surface area (Å²) in [6, 6.07) is 0. The Morgan fingerprint density at radius 1 is 0.270 bits per heavy atom. The van der Waals surface area contributed by atoms with Crippen molar-refractivity contribution in [1.82, 2.24) is 0 Å². The third kappa shape index (κ3) is 42.7. The van der Waals surface area contributed by atoms with Crippen LogP contribution >= 0.6 is 0 Å². The molecule has 12 fully saturated rings. The molecule has 2 bridgehead atoms. The fourth-order valence-corrected chi connectivity index (χ4v) is 22.4. The summed E-state index contributed by atoms with van der Waals surface area (Å²) in [6.07, 6.45) is 70.0. The topological polar surface area (TPSA) is 0 Å². The number of hydrogen-bond donors (Lipinski definition) is 0. The summed E-state index contributed by atoms with van der Waals surface area (Å²) in [5.41, 5.74) is 1.21. The van der Waals surface area contributed by atoms with E-state index in [0.717, 1.165) is 142 Å². The van der Waals surface area contributed by atoms with Crippen LogP contribution in [0.5, 0.6) is 0 Å². The lowest BCUT2D eigenvalue weighted by Gasteiger charge is -2.45. The van der Waals surface area contributed by atoms with Gasteiger partial charge in [-0.05, 0) is 243 Å². The maximum absolute atomic E-state index is 2.46. The normalized spacial score (nSPS) is 40.1. The van der Waals surface area contributed by atoms with Gasteiger partial charge in [0.05, 0.1) is 0 Å². The van der Waals surface area contributed by atoms with Gasteiger partial charge in [-0.1, -0.05) is 400 Å². The summed E-state index contributed by atoms with van der Waals surface area (Å²) in [6.45, 7) is 56.9. The van der Waals surface area contributed by atoms with Crippen LogP contribution < -0.4 is 0 Å². The number of fused-ring (bicyclic) bond motifs is 2. The van der Waals surface area contributed by atoms with Crippen LogP contribution in [0.15, 0.2) is 0 Å². The number of rotatable bonds is 7. The summed E-state index contributed by atoms with van der Waals surface area (Å²) in [4.78, 5) is 0. The third-order valence-corrected chi connectivity index (χ3v) is 30.2. The molecule has 12 saturated carbocycles. The van der Waals surface area contributed by atoms with E-state index >= 15 is 0 Å². The van der Waals surface area contributed by atoms with Gasteiger partial charge < -0.3 is 0 Å². The van der Waals surface area contributed by atoms with E-state index in [1.54, 1.807) is 57.8 Å². The van der Waals surface area contributed by atoms with Crippen LogP contribution in [0.25, 0.3) is 0 Å². The van der Waals surface area contributed by atoms with Crippen molar-refractivity contribution in [2.24, 2.45) is 153 Å². The van der Waals surface area contributed by atoms with E-state index in [1.165, 1.54) is 244 Å². The smallest absolute Gasteiger partial charge is 0.0321 e. The Balaban J connectivity index is 0.00000110. The molecule has 0 amide bonds. The summed E-state index contributed by atoms with van der Waals surface area (Å²) in [5, 5.41) is 0. The summed E-state index contributed by atoms with van der Waals surface area (Å²) in [5.74, 6) is 25.0. The minimum absolute atomic E-state index is 0. The highest BCUT2D eigenvalue weighted by molar-refractivity contribution is 4.91. The van der Waals surface area contributed by atoms with Crippen molar-refractivity contribution in [3.63, 3.8) is 0 Å². The van der Waals surface area contributed by atoms with Gasteiger partial charge in [-0.3, -0.25) is 0 Å². The zero-order chi connectivity index (χ0) is 72.1. The Labute approximate surface area is 639 Å². The fourth-order valence-electron chi connectivity index (χ4n) is 22.4. The SMILES string of the molecule is C.C.C.CC1CCC(C)C(C)C1.CC1CCC(C)CC1.CC1CCC(C2CCC(C)CC2)CC1.CC1CCC(CC2CCC(C)CC2)CC1.CC1CCCC(C)C1.CC1CCCC(C)C1C.CCC.CCC1(C)CC(C)CC(C)(C)C1.CCC1CC2CCC1C2.CCC1CCCC(CC)C1. The van der Waals surface area contributed by atoms with Crippen molar-refractivity contribution in [2.45, 2.75) is 490 Å². The zero-order valence-electron chi connectivity index (χ0n) is 72.1. The van der Waals surface area contributed by atoms with Gasteiger partial charge in [0.25, 0.3) is 0 Å². The average molecular weight is 1400 g/mol. The first-order valence-corrected chi connectivity index (χ1v) is 46.0. The van der Waals surface area contributed by atoms with Gasteiger partial charge in [-0.2, -0.15) is 0 Å². The molecule has 12 aliphatic carbocycles. The first kappa shape index (κ1) is 100. The van der Waals surface area contributed by atoms with E-state index in [1.807, 2.05) is 0 Å². The van der Waals surface area contributed by atoms with E-state index in [2.05, 4.69) is 166 Å². The van der Waals surface area contributed by atoms with Crippen LogP contribution in [0.3, 0.4) is 0 Å². The molecule has 12 rings (SSSR count). The van der Waals surface area contributed by atoms with E-state index in [4.69, 9.17) is 0 Å². The van der Waals surface area contributed by atoms with Gasteiger partial charge in [0.15, 0.2) is 0 Å². The Morgan fingerprint density at radius 2 is 0.630 bits per heavy atom. The maximum atomic E-state index is 2.46. The predicted octanol–water partition coefficient (Wildman–Crippen LogP) is 35.5. The molecule has 0 radical (unpaired) electrons. The van der Waals surface area contributed by atoms with Gasteiger partial charge in [0.2, 0.25) is 0 Å². The van der Waals surface area contributed by atoms with E-state index in [9.17, 15) is 0 Å². The molecule has 0 nitrogen and oxygen atoms in total. The molecule has 602 valence electrons. The maximum Gasteiger partial charge on any atom is -0.0321 e. The van der Waals surface area contributed by atoms with Crippen LogP contribution in [-0.2, 0) is 0 Å². The van der Waals surface area contributed by atoms with Crippen LogP contribution in [0, 0.1) is 153 Å². The molecule has 12 aliphatic rings. The summed E-state index contributed by atoms with van der Waals surface area (Å²) >= 11 is 0. The Morgan fingerprint density at radius 3 is 0.930 bits per heavy atom. The first-order chi connectivity index (χ1) is 46.0. The van der Waals surface area contributed by atoms with Crippen molar-refractivity contribution >= 4 is 0 Å². The molecule has 0 N–H and O–H groups in total. The van der Waals surface area contributed by atoms with Gasteiger partial charge in [-0.15, -0.1) is 0 Å². The van der Waals surface area contributed by atoms with Crippen molar-refractivity contribution in [2.75, 3.05) is 0 Å². The largest absolute Gasteiger partial charge is 0.0776 e. The standard InChI is InChI=1S/C15H28.C14H26.C12H24.C10H20.C9H16.2C9H18.2C8H16.C3H8.3CH4/c1-12-3-7-14(8-4-12)11-15-9-5-13(2)6-10-15;1-11-3-7-13(8-4-11)14-9-5-12(2)6-10-14;1-6-12(5)8-10(2)7-11(3,4)9-12;1-3-9-6-5-7-10(4-2)8-9;1-2-8-5-7-3-4-9(8)6-7;1-7-4-5-8(2)9(3)6-7;1-7-5-4-6-8(2)9(7)3;1-7-3-5-8(2)6-4-7;1-7-4-3-5-8(2)6-7;1-3-2;;;/h12-15H,3-11H2,1-2H3;11-14H,3-10H2,1-2H3;10H,6-9H2,1-5H3;9-10H,3-8H2,1-2H3;7-9H,2-6H2,1H3;2*7-9H,4-6H2,1-3H3;2*7-8H,3-6H2,1-2H3;3H2,1-2H3;3*1H4. The second-order valence-corrected chi connectivity index (χ2v) is 41.2. The quantitative estimate of drug-likeness (QED) is 0.238. The van der Waals surface area contributed by atoms with E-state index in [0.29, 0.717) is 10.8 Å². The molecular formula is C100H202. The minimum Gasteiger partial charge on any atom is -0.0776 e. The van der Waals surface area contributed by atoms with Gasteiger partial charge in [-0.25, -0.2) is 0 Å². The zero-order valence-corrected chi connectivity index (χ0v) is 72.1. The van der Waals surface area contributed by atoms with Crippen LogP contribution in [0.2, 0.25) is 0 Å². The highest BCUT2D eigenvalue weighted by Crippen LogP contribution is 2.51. The fraction of sp³-hybridized carbons (Fsp3) is 1.00. The van der Waals surface area contributed by atoms with Gasteiger partial charge >= 0.3 is 0 Å². The molecule has 14 unspecified atom stereocenters. The third-order valence-electron chi connectivity index (χ3n) is 30.2. The second-order valence-electron chi connectivity index (χ2n) is 41.2. The Kier molecular flexibility index (Phi) is 55.4. The molecule has 0 heteroatoms. The minimum atomic E-state index is 0. The van der Waals surface area contributed by atoms with Crippen molar-refractivity contribution in [3.8, 4) is 0 Å². The van der Waals surface area contributed by atoms with Crippen LogP contribution in [0.1, 0.15) is 490 Å². The summed E-state index contributed by atoms with van der Waals surface area (Å²) < 4.78 is 0. The second kappa shape index (κ2) is 55.4. The Hall–Kier alpha value is 0. The molecule has 0 aromatic carbocycles. The molecule has 100 heavy (non-hydrogen) atoms. The van der Waals surface area contributed by atoms with Crippen molar-refractivity contribution in [3.05, 3.63) is 0 Å². The molecular weight excluding hydrogens is 1200 g/mol. The van der Waals surface area contributed by atoms with Crippen LogP contribution in [-0.4, -0.2) is 0 Å². The Bertz CT molecular complexity index is 1720. The van der Waals surface area contributed by atoms with Gasteiger partial charge in [0, 0.05) is 0 Å². The lowest BCUT2D eigenvalue weighted by molar-refractivity contribution is 0.0581. The predicted molar refractivity (Wildman–Crippen MR) is 462 cm³/mol. The lowest BCUT2D eigenvalue weighted by atomic mass is 9.60. The molecule has 0 heterocycles.